The summed E-state index contributed by atoms with van der Waals surface area (Å²) in [5.74, 6) is 0.200. The normalized spacial score (nSPS) is 13.9. The number of hydrogen-bond donors (Lipinski definition) is 2. The molecule has 2 aromatic carbocycles. The predicted molar refractivity (Wildman–Crippen MR) is 94.5 cm³/mol. The lowest BCUT2D eigenvalue weighted by molar-refractivity contribution is 0.508. The minimum Gasteiger partial charge on any atom is -0.506 e. The number of fused-ring (bicyclic) bond motifs is 1. The van der Waals surface area contributed by atoms with E-state index in [0.717, 1.165) is 20.0 Å². The number of rotatable bonds is 2. The van der Waals surface area contributed by atoms with Crippen LogP contribution in [-0.2, 0) is 0 Å². The van der Waals surface area contributed by atoms with E-state index < -0.39 is 0 Å². The maximum Gasteiger partial charge on any atom is 0.138 e. The third-order valence-electron chi connectivity index (χ3n) is 3.07. The Morgan fingerprint density at radius 2 is 1.95 bits per heavy atom. The molecule has 0 aromatic heterocycles. The molecule has 0 aliphatic carbocycles. The van der Waals surface area contributed by atoms with Crippen molar-refractivity contribution in [2.45, 2.75) is 4.90 Å². The van der Waals surface area contributed by atoms with Gasteiger partial charge in [-0.05, 0) is 40.2 Å². The zero-order valence-electron chi connectivity index (χ0n) is 10.7. The van der Waals surface area contributed by atoms with E-state index in [1.807, 2.05) is 24.3 Å². The van der Waals surface area contributed by atoms with Crippen molar-refractivity contribution in [3.05, 3.63) is 61.4 Å². The summed E-state index contributed by atoms with van der Waals surface area (Å²) in [5, 5.41) is 14.7. The summed E-state index contributed by atoms with van der Waals surface area (Å²) in [6.07, 6.45) is 0. The number of aliphatic hydroxyl groups is 1. The smallest absolute Gasteiger partial charge is 0.138 e. The molecule has 0 unspecified atom stereocenters. The van der Waals surface area contributed by atoms with E-state index in [1.165, 1.54) is 11.8 Å². The van der Waals surface area contributed by atoms with E-state index >= 15 is 0 Å². The molecular weight excluding hydrogens is 393 g/mol. The Morgan fingerprint density at radius 1 is 1.19 bits per heavy atom. The zero-order valence-corrected chi connectivity index (χ0v) is 14.6. The van der Waals surface area contributed by atoms with Gasteiger partial charge in [-0.1, -0.05) is 47.1 Å². The molecule has 2 aromatic rings. The summed E-state index contributed by atoms with van der Waals surface area (Å²) >= 11 is 17.2. The number of aliphatic hydroxyl groups excluding tert-OH is 1. The number of nitrogens with one attached hydrogen (secondary N) is 1. The average Bonchev–Trinajstić information content (AvgIpc) is 2.43. The molecule has 0 fully saturated rings. The summed E-state index contributed by atoms with van der Waals surface area (Å²) in [4.78, 5) is 1.85. The van der Waals surface area contributed by atoms with Crippen molar-refractivity contribution in [3.63, 3.8) is 0 Å². The van der Waals surface area contributed by atoms with Gasteiger partial charge in [0.2, 0.25) is 0 Å². The van der Waals surface area contributed by atoms with Crippen LogP contribution in [0.5, 0.6) is 0 Å². The molecule has 0 saturated carbocycles. The fourth-order valence-corrected chi connectivity index (χ4v) is 4.13. The van der Waals surface area contributed by atoms with E-state index in [-0.39, 0.29) is 5.76 Å². The molecule has 0 radical (unpaired) electrons. The minimum atomic E-state index is 0.200. The van der Waals surface area contributed by atoms with Gasteiger partial charge in [-0.2, -0.15) is 0 Å². The number of hydrogen-bond acceptors (Lipinski definition) is 3. The number of halogens is 3. The summed E-state index contributed by atoms with van der Waals surface area (Å²) in [6, 6.07) is 11.3. The highest BCUT2D eigenvalue weighted by atomic mass is 79.9. The summed E-state index contributed by atoms with van der Waals surface area (Å²) < 4.78 is 0.989. The van der Waals surface area contributed by atoms with Gasteiger partial charge in [-0.3, -0.25) is 0 Å². The molecule has 3 rings (SSSR count). The molecule has 0 atom stereocenters. The highest BCUT2D eigenvalue weighted by molar-refractivity contribution is 9.10. The Balaban J connectivity index is 2.02. The van der Waals surface area contributed by atoms with E-state index in [4.69, 9.17) is 23.2 Å². The van der Waals surface area contributed by atoms with Gasteiger partial charge < -0.3 is 10.4 Å². The molecule has 0 saturated heterocycles. The van der Waals surface area contributed by atoms with Crippen LogP contribution in [0, 0.1) is 0 Å². The van der Waals surface area contributed by atoms with Crippen LogP contribution in [0.4, 0.5) is 5.69 Å². The molecule has 6 heteroatoms. The van der Waals surface area contributed by atoms with Gasteiger partial charge in [0.1, 0.15) is 5.76 Å². The van der Waals surface area contributed by atoms with E-state index in [2.05, 4.69) is 21.2 Å². The number of thioether (sulfide) groups is 1. The van der Waals surface area contributed by atoms with Crippen LogP contribution in [0.1, 0.15) is 5.56 Å². The van der Waals surface area contributed by atoms with Crippen LogP contribution >= 0.6 is 50.9 Å². The van der Waals surface area contributed by atoms with Gasteiger partial charge in [0, 0.05) is 20.1 Å². The average molecular weight is 403 g/mol. The molecule has 0 amide bonds. The topological polar surface area (TPSA) is 32.3 Å². The Labute approximate surface area is 145 Å². The van der Waals surface area contributed by atoms with Crippen molar-refractivity contribution in [3.8, 4) is 0 Å². The second-order valence-electron chi connectivity index (χ2n) is 4.47. The number of anilines is 1. The van der Waals surface area contributed by atoms with E-state index in [1.54, 1.807) is 12.1 Å². The van der Waals surface area contributed by atoms with Crippen molar-refractivity contribution >= 4 is 62.3 Å². The van der Waals surface area contributed by atoms with Gasteiger partial charge in [0.25, 0.3) is 0 Å². The molecule has 2 nitrogen and oxygen atoms in total. The highest BCUT2D eigenvalue weighted by Gasteiger charge is 2.22. The fourth-order valence-electron chi connectivity index (χ4n) is 2.10. The van der Waals surface area contributed by atoms with E-state index in [9.17, 15) is 5.11 Å². The van der Waals surface area contributed by atoms with Gasteiger partial charge in [0.05, 0.1) is 22.0 Å². The van der Waals surface area contributed by atoms with Crippen molar-refractivity contribution in [2.24, 2.45) is 0 Å². The van der Waals surface area contributed by atoms with Crippen LogP contribution in [0.2, 0.25) is 10.0 Å². The fraction of sp³-hybridized carbons (Fsp3) is 0.0667. The second kappa shape index (κ2) is 6.13. The first-order valence-corrected chi connectivity index (χ1v) is 8.50. The van der Waals surface area contributed by atoms with E-state index in [0.29, 0.717) is 22.2 Å². The van der Waals surface area contributed by atoms with Crippen molar-refractivity contribution in [1.29, 1.82) is 0 Å². The first-order valence-electron chi connectivity index (χ1n) is 6.14. The molecule has 1 aliphatic rings. The Bertz CT molecular complexity index is 748. The van der Waals surface area contributed by atoms with Crippen LogP contribution in [0.3, 0.4) is 0 Å². The monoisotopic (exact) mass is 401 g/mol. The van der Waals surface area contributed by atoms with Gasteiger partial charge >= 0.3 is 0 Å². The molecule has 1 heterocycles. The largest absolute Gasteiger partial charge is 0.506 e. The minimum absolute atomic E-state index is 0.200. The van der Waals surface area contributed by atoms with Crippen LogP contribution in [0.15, 0.2) is 50.7 Å². The quantitative estimate of drug-likeness (QED) is 0.627. The van der Waals surface area contributed by atoms with Crippen molar-refractivity contribution in [1.82, 2.24) is 0 Å². The molecule has 1 aliphatic heterocycles. The first-order chi connectivity index (χ1) is 10.1. The Morgan fingerprint density at radius 3 is 2.71 bits per heavy atom. The first kappa shape index (κ1) is 15.1. The lowest BCUT2D eigenvalue weighted by Crippen LogP contribution is -2.13. The summed E-state index contributed by atoms with van der Waals surface area (Å²) in [5.41, 5.74) is 1.35. The maximum absolute atomic E-state index is 10.5. The van der Waals surface area contributed by atoms with Crippen molar-refractivity contribution < 1.29 is 5.11 Å². The third kappa shape index (κ3) is 3.04. The molecule has 0 spiro atoms. The van der Waals surface area contributed by atoms with Gasteiger partial charge in [-0.25, -0.2) is 0 Å². The van der Waals surface area contributed by atoms with Crippen LogP contribution in [0.25, 0.3) is 5.76 Å². The zero-order chi connectivity index (χ0) is 15.0. The lowest BCUT2D eigenvalue weighted by atomic mass is 10.1. The molecule has 108 valence electrons. The molecule has 21 heavy (non-hydrogen) atoms. The number of benzene rings is 2. The Kier molecular flexibility index (Phi) is 4.41. The third-order valence-corrected chi connectivity index (χ3v) is 5.70. The SMILES string of the molecule is OC1=C(Sc2ccccc2Br)CNc2cc(Cl)cc(Cl)c21. The standard InChI is InChI=1S/C15H10BrCl2NOS/c16-9-3-1-2-4-12(9)21-13-7-19-11-6-8(17)5-10(18)14(11)15(13)20/h1-6,19-20H,7H2. The Hall–Kier alpha value is -0.810. The lowest BCUT2D eigenvalue weighted by Gasteiger charge is -2.22. The highest BCUT2D eigenvalue weighted by Crippen LogP contribution is 2.43. The molecule has 2 N–H and O–H groups in total. The van der Waals surface area contributed by atoms with Gasteiger partial charge in [0.15, 0.2) is 0 Å². The maximum atomic E-state index is 10.5. The summed E-state index contributed by atoms with van der Waals surface area (Å²) in [7, 11) is 0. The summed E-state index contributed by atoms with van der Waals surface area (Å²) in [6.45, 7) is 0.529. The molecule has 0 bridgehead atoms. The molecular formula is C15H10BrCl2NOS. The van der Waals surface area contributed by atoms with Gasteiger partial charge in [-0.15, -0.1) is 0 Å². The second-order valence-corrected chi connectivity index (χ2v) is 7.30. The van der Waals surface area contributed by atoms with Crippen LogP contribution < -0.4 is 5.32 Å². The van der Waals surface area contributed by atoms with Crippen LogP contribution in [-0.4, -0.2) is 11.7 Å². The van der Waals surface area contributed by atoms with Crippen molar-refractivity contribution in [2.75, 3.05) is 11.9 Å². The predicted octanol–water partition coefficient (Wildman–Crippen LogP) is 6.20.